The van der Waals surface area contributed by atoms with Gasteiger partial charge in [-0.25, -0.2) is 4.98 Å². The van der Waals surface area contributed by atoms with Gasteiger partial charge in [0.1, 0.15) is 29.4 Å². The van der Waals surface area contributed by atoms with Gasteiger partial charge in [-0.15, -0.1) is 0 Å². The normalized spacial score (nSPS) is 24.3. The van der Waals surface area contributed by atoms with Gasteiger partial charge in [0.05, 0.1) is 25.4 Å². The molecular formula is C46H46N2O4. The molecule has 52 heavy (non-hydrogen) atoms. The number of hydrogen-bond acceptors (Lipinski definition) is 6. The Morgan fingerprint density at radius 2 is 1.40 bits per heavy atom. The average molecular weight is 691 g/mol. The molecule has 0 amide bonds. The van der Waals surface area contributed by atoms with Crippen LogP contribution in [0, 0.1) is 6.92 Å². The number of nitrogens with zero attached hydrogens (tertiary/aromatic N) is 2. The third kappa shape index (κ3) is 6.91. The smallest absolute Gasteiger partial charge is 0.137 e. The zero-order valence-electron chi connectivity index (χ0n) is 29.9. The minimum atomic E-state index is -0.0335. The fourth-order valence-electron chi connectivity index (χ4n) is 8.18. The van der Waals surface area contributed by atoms with E-state index in [2.05, 4.69) is 133 Å². The first-order valence-corrected chi connectivity index (χ1v) is 18.9. The summed E-state index contributed by atoms with van der Waals surface area (Å²) in [7, 11) is 0. The van der Waals surface area contributed by atoms with Crippen molar-refractivity contribution in [2.75, 3.05) is 24.7 Å². The summed E-state index contributed by atoms with van der Waals surface area (Å²) < 4.78 is 24.1. The summed E-state index contributed by atoms with van der Waals surface area (Å²) >= 11 is 0. The van der Waals surface area contributed by atoms with E-state index in [1.807, 2.05) is 6.20 Å². The molecule has 0 bridgehead atoms. The van der Waals surface area contributed by atoms with E-state index in [9.17, 15) is 0 Å². The van der Waals surface area contributed by atoms with E-state index >= 15 is 0 Å². The first kappa shape index (κ1) is 33.1. The Hall–Kier alpha value is -4.75. The number of ether oxygens (including phenoxy) is 4. The van der Waals surface area contributed by atoms with Crippen LogP contribution in [0.25, 0.3) is 11.6 Å². The second-order valence-electron chi connectivity index (χ2n) is 15.0. The van der Waals surface area contributed by atoms with Crippen molar-refractivity contribution in [1.29, 1.82) is 0 Å². The van der Waals surface area contributed by atoms with Crippen molar-refractivity contribution >= 4 is 28.8 Å². The fraction of sp³-hybridized carbons (Fsp3) is 0.326. The van der Waals surface area contributed by atoms with Gasteiger partial charge in [-0.05, 0) is 134 Å². The molecule has 264 valence electrons. The molecule has 2 aliphatic carbocycles. The van der Waals surface area contributed by atoms with Gasteiger partial charge >= 0.3 is 0 Å². The van der Waals surface area contributed by atoms with Crippen LogP contribution in [0.2, 0.25) is 0 Å². The molecular weight excluding hydrogens is 645 g/mol. The van der Waals surface area contributed by atoms with Crippen molar-refractivity contribution in [1.82, 2.24) is 4.98 Å². The monoisotopic (exact) mass is 690 g/mol. The van der Waals surface area contributed by atoms with Crippen LogP contribution >= 0.6 is 0 Å². The molecule has 0 N–H and O–H groups in total. The summed E-state index contributed by atoms with van der Waals surface area (Å²) in [4.78, 5) is 7.04. The maximum absolute atomic E-state index is 6.19. The lowest BCUT2D eigenvalue weighted by molar-refractivity contribution is 0.0755. The molecule has 4 atom stereocenters. The highest BCUT2D eigenvalue weighted by atomic mass is 16.6. The van der Waals surface area contributed by atoms with E-state index < -0.39 is 0 Å². The summed E-state index contributed by atoms with van der Waals surface area (Å²) in [6.07, 6.45) is 13.0. The number of pyridine rings is 1. The molecule has 2 saturated heterocycles. The molecule has 5 aromatic rings. The first-order chi connectivity index (χ1) is 25.6. The molecule has 2 saturated carbocycles. The van der Waals surface area contributed by atoms with Crippen molar-refractivity contribution in [3.05, 3.63) is 149 Å². The Labute approximate surface area is 307 Å². The topological polar surface area (TPSA) is 59.7 Å². The molecule has 2 aliphatic heterocycles. The van der Waals surface area contributed by atoms with Crippen LogP contribution in [0.1, 0.15) is 66.3 Å². The fourth-order valence-corrected chi connectivity index (χ4v) is 8.18. The summed E-state index contributed by atoms with van der Waals surface area (Å²) in [6.45, 7) is 4.13. The van der Waals surface area contributed by atoms with E-state index in [1.165, 1.54) is 30.4 Å². The molecule has 4 fully saturated rings. The molecule has 9 rings (SSSR count). The molecule has 6 heteroatoms. The van der Waals surface area contributed by atoms with Crippen LogP contribution < -0.4 is 9.64 Å². The van der Waals surface area contributed by atoms with Gasteiger partial charge in [0.25, 0.3) is 0 Å². The highest BCUT2D eigenvalue weighted by Crippen LogP contribution is 2.50. The van der Waals surface area contributed by atoms with Gasteiger partial charge in [0, 0.05) is 17.6 Å². The Morgan fingerprint density at radius 1 is 0.750 bits per heavy atom. The van der Waals surface area contributed by atoms with Crippen molar-refractivity contribution in [2.24, 2.45) is 0 Å². The van der Waals surface area contributed by atoms with Crippen LogP contribution in [0.3, 0.4) is 0 Å². The Morgan fingerprint density at radius 3 is 2.02 bits per heavy atom. The lowest BCUT2D eigenvalue weighted by Crippen LogP contribution is -2.20. The van der Waals surface area contributed by atoms with Crippen molar-refractivity contribution in [3.8, 4) is 5.75 Å². The lowest BCUT2D eigenvalue weighted by atomic mass is 9.95. The number of benzene rings is 4. The number of anilines is 3. The molecule has 1 aromatic heterocycles. The van der Waals surface area contributed by atoms with Crippen molar-refractivity contribution < 1.29 is 18.9 Å². The van der Waals surface area contributed by atoms with E-state index in [1.54, 1.807) is 0 Å². The van der Waals surface area contributed by atoms with Crippen molar-refractivity contribution in [2.45, 2.75) is 75.3 Å². The highest BCUT2D eigenvalue weighted by Gasteiger charge is 2.60. The predicted octanol–water partition coefficient (Wildman–Crippen LogP) is 10.0. The zero-order valence-corrected chi connectivity index (χ0v) is 29.9. The molecule has 0 radical (unpaired) electrons. The number of aromatic nitrogens is 1. The number of rotatable bonds is 14. The van der Waals surface area contributed by atoms with E-state index in [4.69, 9.17) is 23.9 Å². The number of hydrogen-bond donors (Lipinski definition) is 0. The van der Waals surface area contributed by atoms with Crippen LogP contribution in [-0.4, -0.2) is 48.2 Å². The van der Waals surface area contributed by atoms with Gasteiger partial charge < -0.3 is 18.9 Å². The molecule has 4 aliphatic rings. The largest absolute Gasteiger partial charge is 0.490 e. The second kappa shape index (κ2) is 14.0. The number of epoxide rings is 2. The third-order valence-electron chi connectivity index (χ3n) is 11.3. The summed E-state index contributed by atoms with van der Waals surface area (Å²) in [5, 5.41) is 0. The molecule has 4 aromatic carbocycles. The Bertz CT molecular complexity index is 2010. The molecule has 6 nitrogen and oxygen atoms in total. The summed E-state index contributed by atoms with van der Waals surface area (Å²) in [5.41, 5.74) is 9.07. The minimum absolute atomic E-state index is 0.0330. The summed E-state index contributed by atoms with van der Waals surface area (Å²) in [5.74, 6) is 1.76. The lowest BCUT2D eigenvalue weighted by Gasteiger charge is -2.25. The van der Waals surface area contributed by atoms with Gasteiger partial charge in [-0.3, -0.25) is 4.90 Å². The Kier molecular flexibility index (Phi) is 8.91. The van der Waals surface area contributed by atoms with Gasteiger partial charge in [-0.2, -0.15) is 0 Å². The predicted molar refractivity (Wildman–Crippen MR) is 206 cm³/mol. The molecule has 0 spiro atoms. The van der Waals surface area contributed by atoms with Gasteiger partial charge in [0.15, 0.2) is 0 Å². The van der Waals surface area contributed by atoms with Crippen molar-refractivity contribution in [3.63, 3.8) is 0 Å². The average Bonchev–Trinajstić information content (AvgIpc) is 3.96. The van der Waals surface area contributed by atoms with Gasteiger partial charge in [0.2, 0.25) is 0 Å². The Balaban J connectivity index is 0.928. The van der Waals surface area contributed by atoms with E-state index in [0.29, 0.717) is 25.4 Å². The van der Waals surface area contributed by atoms with Crippen LogP contribution in [0.4, 0.5) is 17.2 Å². The third-order valence-corrected chi connectivity index (χ3v) is 11.3. The van der Waals surface area contributed by atoms with E-state index in [0.717, 1.165) is 77.5 Å². The minimum Gasteiger partial charge on any atom is -0.490 e. The maximum Gasteiger partial charge on any atom is 0.137 e. The van der Waals surface area contributed by atoms with Gasteiger partial charge in [-0.1, -0.05) is 72.8 Å². The second-order valence-corrected chi connectivity index (χ2v) is 15.0. The molecule has 4 unspecified atom stereocenters. The first-order valence-electron chi connectivity index (χ1n) is 18.9. The van der Waals surface area contributed by atoms with Crippen LogP contribution in [-0.2, 0) is 20.6 Å². The summed E-state index contributed by atoms with van der Waals surface area (Å²) in [6, 6.07) is 40.8. The zero-order chi connectivity index (χ0) is 35.0. The SMILES string of the molecule is Cc1ccc(N(c2ccc(C=C(c3ccccc3)c3ccc(OCC45CCCC4O5)cc3)cc2)c2ccc(CCOCC34CCCC3O4)cc2)nc1. The number of aryl methyl sites for hydroxylation is 1. The quantitative estimate of drug-likeness (QED) is 0.0657. The maximum atomic E-state index is 6.19. The number of fused-ring (bicyclic) bond motifs is 2. The van der Waals surface area contributed by atoms with E-state index in [-0.39, 0.29) is 11.2 Å². The molecule has 3 heterocycles. The highest BCUT2D eigenvalue weighted by molar-refractivity contribution is 5.91. The standard InChI is InChI=1S/C46H46N2O4/c1-33-11-24-44(47-30-33)48(38-18-12-34(13-19-38)25-28-49-31-45-26-5-9-42(45)51-45)39-20-14-35(15-21-39)29-41(36-7-3-2-4-8-36)37-16-22-40(23-17-37)50-32-46-27-6-10-43(46)52-46/h2-4,7-8,11-24,29-30,42-43H,5-6,9-10,25-28,31-32H2,1H3. The van der Waals surface area contributed by atoms with Crippen LogP contribution in [0.5, 0.6) is 5.75 Å². The van der Waals surface area contributed by atoms with Crippen LogP contribution in [0.15, 0.2) is 121 Å².